The smallest absolute Gasteiger partial charge is 0.180 e. The second-order valence-corrected chi connectivity index (χ2v) is 12.2. The average molecular weight is 582 g/mol. The number of nitrogens with zero attached hydrogens (tertiary/aromatic N) is 3. The zero-order valence-electron chi connectivity index (χ0n) is 27.1. The zero-order valence-corrected chi connectivity index (χ0v) is 27.1. The van der Waals surface area contributed by atoms with Gasteiger partial charge in [-0.3, -0.25) is 5.01 Å². The van der Waals surface area contributed by atoms with E-state index in [0.29, 0.717) is 30.4 Å². The summed E-state index contributed by atoms with van der Waals surface area (Å²) in [4.78, 5) is 5.04. The summed E-state index contributed by atoms with van der Waals surface area (Å²) in [6.45, 7) is 11.8. The molecule has 5 nitrogen and oxygen atoms in total. The maximum absolute atomic E-state index is 11.1. The maximum Gasteiger partial charge on any atom is 0.180 e. The molecule has 230 valence electrons. The molecule has 0 bridgehead atoms. The number of phenols is 1. The van der Waals surface area contributed by atoms with Crippen molar-refractivity contribution in [3.8, 4) is 11.5 Å². The Kier molecular flexibility index (Phi) is 12.3. The molecule has 4 rings (SSSR count). The van der Waals surface area contributed by atoms with Gasteiger partial charge in [-0.15, -0.1) is 0 Å². The minimum atomic E-state index is 0.155. The number of aryl methyl sites for hydroxylation is 4. The van der Waals surface area contributed by atoms with Crippen molar-refractivity contribution in [3.63, 3.8) is 0 Å². The number of aliphatic imine (C=N–C) groups is 1. The lowest BCUT2D eigenvalue weighted by Crippen LogP contribution is -2.32. The van der Waals surface area contributed by atoms with Gasteiger partial charge < -0.3 is 9.84 Å². The van der Waals surface area contributed by atoms with Crippen molar-refractivity contribution >= 4 is 17.2 Å². The predicted molar refractivity (Wildman–Crippen MR) is 182 cm³/mol. The van der Waals surface area contributed by atoms with E-state index in [-0.39, 0.29) is 5.75 Å². The maximum atomic E-state index is 11.1. The summed E-state index contributed by atoms with van der Waals surface area (Å²) in [5, 5.41) is 17.9. The van der Waals surface area contributed by atoms with Crippen LogP contribution < -0.4 is 9.75 Å². The van der Waals surface area contributed by atoms with Crippen LogP contribution in [0.3, 0.4) is 0 Å². The van der Waals surface area contributed by atoms with E-state index in [0.717, 1.165) is 28.8 Å². The SMILES string of the molecule is CCCCCCCCCCCCCOc1ccc(N2CC(c3ccc(C)cc3C)=NC(c3ccc(C)cc3C)=N2)c(O)c1. The summed E-state index contributed by atoms with van der Waals surface area (Å²) in [5.74, 6) is 1.49. The van der Waals surface area contributed by atoms with Crippen molar-refractivity contribution in [2.75, 3.05) is 18.2 Å². The largest absolute Gasteiger partial charge is 0.506 e. The van der Waals surface area contributed by atoms with Crippen molar-refractivity contribution in [1.82, 2.24) is 0 Å². The quantitative estimate of drug-likeness (QED) is 0.171. The van der Waals surface area contributed by atoms with Crippen LogP contribution in [0.25, 0.3) is 0 Å². The van der Waals surface area contributed by atoms with E-state index in [1.807, 2.05) is 17.1 Å². The lowest BCUT2D eigenvalue weighted by Gasteiger charge is -2.27. The molecule has 1 heterocycles. The molecule has 0 aliphatic carbocycles. The number of hydrogen-bond donors (Lipinski definition) is 1. The highest BCUT2D eigenvalue weighted by Crippen LogP contribution is 2.33. The number of aromatic hydroxyl groups is 1. The number of amidine groups is 1. The van der Waals surface area contributed by atoms with Crippen LogP contribution in [0.1, 0.15) is 111 Å². The molecule has 0 aromatic heterocycles. The van der Waals surface area contributed by atoms with Crippen LogP contribution in [0.15, 0.2) is 64.7 Å². The summed E-state index contributed by atoms with van der Waals surface area (Å²) >= 11 is 0. The molecule has 0 amide bonds. The van der Waals surface area contributed by atoms with E-state index in [1.165, 1.54) is 80.9 Å². The Morgan fingerprint density at radius 3 is 1.86 bits per heavy atom. The first-order valence-electron chi connectivity index (χ1n) is 16.4. The number of unbranched alkanes of at least 4 members (excludes halogenated alkanes) is 10. The Morgan fingerprint density at radius 1 is 0.698 bits per heavy atom. The standard InChI is InChI=1S/C38H51N3O2/c1-6-7-8-9-10-11-12-13-14-15-16-23-43-32-19-22-36(37(42)26-32)41-27-35(33-20-17-28(2)24-30(33)4)39-38(40-41)34-21-18-29(3)25-31(34)5/h17-22,24-26,42H,6-16,23,27H2,1-5H3. The van der Waals surface area contributed by atoms with Crippen molar-refractivity contribution in [1.29, 1.82) is 0 Å². The first-order valence-corrected chi connectivity index (χ1v) is 16.4. The lowest BCUT2D eigenvalue weighted by molar-refractivity contribution is 0.302. The summed E-state index contributed by atoms with van der Waals surface area (Å²) in [6, 6.07) is 18.3. The molecule has 0 spiro atoms. The van der Waals surface area contributed by atoms with Crippen molar-refractivity contribution < 1.29 is 9.84 Å². The highest BCUT2D eigenvalue weighted by Gasteiger charge is 2.23. The molecular formula is C38H51N3O2. The second kappa shape index (κ2) is 16.3. The van der Waals surface area contributed by atoms with Gasteiger partial charge in [0.15, 0.2) is 5.84 Å². The molecule has 0 radical (unpaired) electrons. The fraction of sp³-hybridized carbons (Fsp3) is 0.474. The van der Waals surface area contributed by atoms with Crippen LogP contribution in [0.4, 0.5) is 5.69 Å². The molecule has 3 aromatic rings. The number of phenolic OH excluding ortho intramolecular Hbond substituents is 1. The van der Waals surface area contributed by atoms with Crippen molar-refractivity contribution in [2.45, 2.75) is 105 Å². The molecular weight excluding hydrogens is 530 g/mol. The van der Waals surface area contributed by atoms with Gasteiger partial charge >= 0.3 is 0 Å². The Morgan fingerprint density at radius 2 is 1.28 bits per heavy atom. The van der Waals surface area contributed by atoms with E-state index in [9.17, 15) is 5.11 Å². The van der Waals surface area contributed by atoms with Gasteiger partial charge in [0.05, 0.1) is 18.9 Å². The molecule has 3 aromatic carbocycles. The van der Waals surface area contributed by atoms with Crippen LogP contribution in [-0.2, 0) is 0 Å². The number of hydrogen-bond acceptors (Lipinski definition) is 5. The number of ether oxygens (including phenoxy) is 1. The molecule has 1 aliphatic heterocycles. The van der Waals surface area contributed by atoms with Gasteiger partial charge in [0.25, 0.3) is 0 Å². The fourth-order valence-corrected chi connectivity index (χ4v) is 5.85. The number of rotatable bonds is 16. The van der Waals surface area contributed by atoms with E-state index in [4.69, 9.17) is 14.8 Å². The monoisotopic (exact) mass is 581 g/mol. The van der Waals surface area contributed by atoms with Gasteiger partial charge in [-0.2, -0.15) is 5.10 Å². The normalized spacial score (nSPS) is 13.2. The third-order valence-corrected chi connectivity index (χ3v) is 8.31. The molecule has 0 saturated heterocycles. The first-order chi connectivity index (χ1) is 20.9. The molecule has 0 saturated carbocycles. The number of anilines is 1. The van der Waals surface area contributed by atoms with Crippen LogP contribution in [0.5, 0.6) is 11.5 Å². The van der Waals surface area contributed by atoms with E-state index >= 15 is 0 Å². The van der Waals surface area contributed by atoms with E-state index in [1.54, 1.807) is 6.07 Å². The second-order valence-electron chi connectivity index (χ2n) is 12.2. The summed E-state index contributed by atoms with van der Waals surface area (Å²) in [7, 11) is 0. The highest BCUT2D eigenvalue weighted by molar-refractivity contribution is 6.16. The Hall–Kier alpha value is -3.60. The molecule has 0 unspecified atom stereocenters. The molecule has 0 fully saturated rings. The van der Waals surface area contributed by atoms with Crippen LogP contribution in [0, 0.1) is 27.7 Å². The average Bonchev–Trinajstić information content (AvgIpc) is 2.97. The fourth-order valence-electron chi connectivity index (χ4n) is 5.85. The van der Waals surface area contributed by atoms with Gasteiger partial charge in [0, 0.05) is 17.2 Å². The van der Waals surface area contributed by atoms with Crippen molar-refractivity contribution in [2.24, 2.45) is 10.1 Å². The molecule has 5 heteroatoms. The number of hydrazone groups is 1. The van der Waals surface area contributed by atoms with E-state index < -0.39 is 0 Å². The van der Waals surface area contributed by atoms with Crippen LogP contribution in [-0.4, -0.2) is 29.8 Å². The summed E-state index contributed by atoms with van der Waals surface area (Å²) in [5.41, 5.74) is 8.38. The topological polar surface area (TPSA) is 57.4 Å². The summed E-state index contributed by atoms with van der Waals surface area (Å²) < 4.78 is 6.01. The van der Waals surface area contributed by atoms with Gasteiger partial charge in [-0.25, -0.2) is 4.99 Å². The van der Waals surface area contributed by atoms with Gasteiger partial charge in [-0.05, 0) is 57.4 Å². The third kappa shape index (κ3) is 9.44. The number of benzene rings is 3. The minimum Gasteiger partial charge on any atom is -0.506 e. The highest BCUT2D eigenvalue weighted by atomic mass is 16.5. The Bertz CT molecular complexity index is 1410. The van der Waals surface area contributed by atoms with Crippen molar-refractivity contribution in [3.05, 3.63) is 88.0 Å². The Labute approximate surface area is 259 Å². The summed E-state index contributed by atoms with van der Waals surface area (Å²) in [6.07, 6.45) is 14.4. The Balaban J connectivity index is 1.38. The molecule has 43 heavy (non-hydrogen) atoms. The van der Waals surface area contributed by atoms with Gasteiger partial charge in [-0.1, -0.05) is 119 Å². The predicted octanol–water partition coefficient (Wildman–Crippen LogP) is 9.99. The van der Waals surface area contributed by atoms with Crippen LogP contribution in [0.2, 0.25) is 0 Å². The molecule has 1 aliphatic rings. The molecule has 1 N–H and O–H groups in total. The lowest BCUT2D eigenvalue weighted by atomic mass is 10.00. The third-order valence-electron chi connectivity index (χ3n) is 8.31. The van der Waals surface area contributed by atoms with Gasteiger partial charge in [0.2, 0.25) is 0 Å². The van der Waals surface area contributed by atoms with Gasteiger partial charge in [0.1, 0.15) is 17.2 Å². The minimum absolute atomic E-state index is 0.155. The first kappa shape index (κ1) is 32.3. The van der Waals surface area contributed by atoms with Crippen LogP contribution >= 0.6 is 0 Å². The zero-order chi connectivity index (χ0) is 30.6. The van der Waals surface area contributed by atoms with E-state index in [2.05, 4.69) is 71.0 Å². The molecule has 0 atom stereocenters.